The Morgan fingerprint density at radius 3 is 1.50 bits per heavy atom. The molecule has 4 heteroatoms. The van der Waals surface area contributed by atoms with E-state index < -0.39 is 5.97 Å². The van der Waals surface area contributed by atoms with E-state index in [-0.39, 0.29) is 18.5 Å². The highest BCUT2D eigenvalue weighted by atomic mass is 16.5. The lowest BCUT2D eigenvalue weighted by atomic mass is 10.0. The van der Waals surface area contributed by atoms with Crippen molar-refractivity contribution in [1.29, 1.82) is 0 Å². The van der Waals surface area contributed by atoms with Crippen LogP contribution in [0.15, 0.2) is 60.8 Å². The van der Waals surface area contributed by atoms with Gasteiger partial charge in [-0.2, -0.15) is 0 Å². The topological polar surface area (TPSA) is 63.6 Å². The van der Waals surface area contributed by atoms with Gasteiger partial charge in [-0.3, -0.25) is 9.59 Å². The molecule has 0 saturated carbocycles. The fourth-order valence-corrected chi connectivity index (χ4v) is 4.75. The zero-order valence-corrected chi connectivity index (χ0v) is 27.3. The van der Waals surface area contributed by atoms with Crippen LogP contribution in [0.25, 0.3) is 0 Å². The Morgan fingerprint density at radius 1 is 0.548 bits per heavy atom. The summed E-state index contributed by atoms with van der Waals surface area (Å²) < 4.78 is 5.92. The molecule has 0 rings (SSSR count). The summed E-state index contributed by atoms with van der Waals surface area (Å²) in [5.74, 6) is -0.737. The molecule has 0 aliphatic rings. The summed E-state index contributed by atoms with van der Waals surface area (Å²) in [5.41, 5.74) is 0. The Morgan fingerprint density at radius 2 is 1.00 bits per heavy atom. The molecule has 4 nitrogen and oxygen atoms in total. The number of hydrogen-bond donors (Lipinski definition) is 1. The molecule has 0 radical (unpaired) electrons. The third kappa shape index (κ3) is 32.2. The van der Waals surface area contributed by atoms with Gasteiger partial charge in [0, 0.05) is 12.8 Å². The molecule has 240 valence electrons. The summed E-state index contributed by atoms with van der Waals surface area (Å²) in [7, 11) is 0. The van der Waals surface area contributed by atoms with Crippen molar-refractivity contribution in [2.24, 2.45) is 0 Å². The van der Waals surface area contributed by atoms with Crippen LogP contribution in [0.2, 0.25) is 0 Å². The van der Waals surface area contributed by atoms with Crippen LogP contribution in [0.4, 0.5) is 0 Å². The maximum Gasteiger partial charge on any atom is 0.306 e. The first kappa shape index (κ1) is 39.6. The van der Waals surface area contributed by atoms with Gasteiger partial charge in [0.25, 0.3) is 0 Å². The number of allylic oxidation sites excluding steroid dienone is 10. The predicted octanol–water partition coefficient (Wildman–Crippen LogP) is 11.8. The van der Waals surface area contributed by atoms with Gasteiger partial charge in [-0.15, -0.1) is 0 Å². The molecule has 0 bridgehead atoms. The zero-order valence-electron chi connectivity index (χ0n) is 27.3. The molecule has 0 aromatic rings. The van der Waals surface area contributed by atoms with Crippen LogP contribution in [-0.2, 0) is 14.3 Å². The first-order valence-corrected chi connectivity index (χ1v) is 17.3. The predicted molar refractivity (Wildman–Crippen MR) is 181 cm³/mol. The quantitative estimate of drug-likeness (QED) is 0.0518. The van der Waals surface area contributed by atoms with E-state index in [1.807, 2.05) is 0 Å². The number of aliphatic carboxylic acids is 1. The Balaban J connectivity index is 4.05. The number of hydrogen-bond acceptors (Lipinski definition) is 3. The van der Waals surface area contributed by atoms with Crippen molar-refractivity contribution >= 4 is 11.9 Å². The summed E-state index contributed by atoms with van der Waals surface area (Å²) in [6.45, 7) is 4.39. The van der Waals surface area contributed by atoms with Crippen molar-refractivity contribution in [3.8, 4) is 0 Å². The lowest BCUT2D eigenvalue weighted by Gasteiger charge is -2.18. The molecule has 0 saturated heterocycles. The molecule has 1 unspecified atom stereocenters. The lowest BCUT2D eigenvalue weighted by molar-refractivity contribution is -0.150. The van der Waals surface area contributed by atoms with Crippen LogP contribution < -0.4 is 0 Å². The minimum absolute atomic E-state index is 0.0423. The van der Waals surface area contributed by atoms with Crippen LogP contribution in [0.3, 0.4) is 0 Å². The van der Waals surface area contributed by atoms with Crippen LogP contribution in [-0.4, -0.2) is 23.1 Å². The van der Waals surface area contributed by atoms with Gasteiger partial charge in [0.05, 0.1) is 0 Å². The number of esters is 1. The molecule has 0 aromatic carbocycles. The van der Waals surface area contributed by atoms with Crippen LogP contribution in [0.1, 0.15) is 162 Å². The largest absolute Gasteiger partial charge is 0.481 e. The van der Waals surface area contributed by atoms with Crippen LogP contribution in [0.5, 0.6) is 0 Å². The van der Waals surface area contributed by atoms with Gasteiger partial charge in [0.15, 0.2) is 0 Å². The lowest BCUT2D eigenvalue weighted by Crippen LogP contribution is -2.18. The first-order chi connectivity index (χ1) is 20.6. The van der Waals surface area contributed by atoms with Crippen LogP contribution in [0, 0.1) is 0 Å². The van der Waals surface area contributed by atoms with E-state index in [0.717, 1.165) is 103 Å². The molecule has 0 heterocycles. The molecule has 0 aliphatic heterocycles. The molecule has 0 fully saturated rings. The number of carboxylic acid groups (broad SMARTS) is 1. The van der Waals surface area contributed by atoms with E-state index in [9.17, 15) is 9.59 Å². The number of rotatable bonds is 30. The Bertz CT molecular complexity index is 759. The molecule has 42 heavy (non-hydrogen) atoms. The molecular weight excluding hydrogens is 520 g/mol. The first-order valence-electron chi connectivity index (χ1n) is 17.3. The summed E-state index contributed by atoms with van der Waals surface area (Å²) in [4.78, 5) is 23.1. The van der Waals surface area contributed by atoms with Crippen molar-refractivity contribution in [2.45, 2.75) is 168 Å². The van der Waals surface area contributed by atoms with Crippen molar-refractivity contribution in [3.63, 3.8) is 0 Å². The Labute approximate surface area is 259 Å². The van der Waals surface area contributed by atoms with Gasteiger partial charge in [0.1, 0.15) is 6.10 Å². The fourth-order valence-electron chi connectivity index (χ4n) is 4.75. The number of ether oxygens (including phenoxy) is 1. The maximum absolute atomic E-state index is 12.5. The van der Waals surface area contributed by atoms with E-state index in [4.69, 9.17) is 9.84 Å². The monoisotopic (exact) mass is 584 g/mol. The fraction of sp³-hybridized carbons (Fsp3) is 0.684. The maximum atomic E-state index is 12.5. The van der Waals surface area contributed by atoms with Crippen molar-refractivity contribution in [2.75, 3.05) is 0 Å². The van der Waals surface area contributed by atoms with Gasteiger partial charge < -0.3 is 9.84 Å². The van der Waals surface area contributed by atoms with Crippen LogP contribution >= 0.6 is 0 Å². The van der Waals surface area contributed by atoms with E-state index in [0.29, 0.717) is 6.42 Å². The van der Waals surface area contributed by atoms with Crippen molar-refractivity contribution < 1.29 is 19.4 Å². The number of unbranched alkanes of at least 4 members (excludes halogenated alkanes) is 11. The van der Waals surface area contributed by atoms with E-state index in [1.54, 1.807) is 0 Å². The van der Waals surface area contributed by atoms with E-state index in [1.165, 1.54) is 32.1 Å². The van der Waals surface area contributed by atoms with Crippen molar-refractivity contribution in [3.05, 3.63) is 60.8 Å². The number of carboxylic acids is 1. The molecular formula is C38H64O4. The highest BCUT2D eigenvalue weighted by molar-refractivity contribution is 5.69. The smallest absolute Gasteiger partial charge is 0.306 e. The second kappa shape index (κ2) is 33.1. The SMILES string of the molecule is CC/C=C\C/C=C\C/C=C\C/C=C\C/C=C\CCCC(=O)OC(CCCCCCC)CCCCCCCCCC(=O)O. The highest BCUT2D eigenvalue weighted by Gasteiger charge is 2.14. The summed E-state index contributed by atoms with van der Waals surface area (Å²) in [6, 6.07) is 0. The summed E-state index contributed by atoms with van der Waals surface area (Å²) in [5, 5.41) is 8.72. The average Bonchev–Trinajstić information content (AvgIpc) is 2.97. The second-order valence-electron chi connectivity index (χ2n) is 11.3. The van der Waals surface area contributed by atoms with Gasteiger partial charge >= 0.3 is 11.9 Å². The zero-order chi connectivity index (χ0) is 30.8. The Kier molecular flexibility index (Phi) is 31.3. The van der Waals surface area contributed by atoms with E-state index in [2.05, 4.69) is 74.6 Å². The number of carbonyl (C=O) groups excluding carboxylic acids is 1. The van der Waals surface area contributed by atoms with Gasteiger partial charge in [-0.1, -0.05) is 132 Å². The normalized spacial score (nSPS) is 13.0. The third-order valence-electron chi connectivity index (χ3n) is 7.25. The molecule has 0 aliphatic carbocycles. The average molecular weight is 585 g/mol. The van der Waals surface area contributed by atoms with Crippen molar-refractivity contribution in [1.82, 2.24) is 0 Å². The molecule has 0 spiro atoms. The van der Waals surface area contributed by atoms with Gasteiger partial charge in [0.2, 0.25) is 0 Å². The molecule has 1 atom stereocenters. The highest BCUT2D eigenvalue weighted by Crippen LogP contribution is 2.18. The Hall–Kier alpha value is -2.36. The minimum Gasteiger partial charge on any atom is -0.481 e. The van der Waals surface area contributed by atoms with Gasteiger partial charge in [-0.05, 0) is 77.0 Å². The van der Waals surface area contributed by atoms with E-state index >= 15 is 0 Å². The third-order valence-corrected chi connectivity index (χ3v) is 7.25. The summed E-state index contributed by atoms with van der Waals surface area (Å²) >= 11 is 0. The second-order valence-corrected chi connectivity index (χ2v) is 11.3. The summed E-state index contributed by atoms with van der Waals surface area (Å²) in [6.07, 6.45) is 45.3. The number of carbonyl (C=O) groups is 2. The molecule has 0 aromatic heterocycles. The van der Waals surface area contributed by atoms with Gasteiger partial charge in [-0.25, -0.2) is 0 Å². The standard InChI is InChI=1S/C38H64O4/c1-3-5-7-9-10-11-12-13-14-15-16-17-18-19-23-27-31-35-38(41)42-36(32-28-24-8-6-4-2)33-29-25-21-20-22-26-30-34-37(39)40/h5,7,10-11,13-14,16-17,19,23,36H,3-4,6,8-9,12,15,18,20-22,24-35H2,1-2H3,(H,39,40)/b7-5-,11-10-,14-13-,17-16-,23-19-. The molecule has 1 N–H and O–H groups in total. The minimum atomic E-state index is -0.695. The molecule has 0 amide bonds.